The minimum absolute atomic E-state index is 0.0858. The number of hydrogen-bond donors (Lipinski definition) is 1. The molecule has 0 saturated carbocycles. The highest BCUT2D eigenvalue weighted by Crippen LogP contribution is 2.27. The predicted octanol–water partition coefficient (Wildman–Crippen LogP) is 2.11. The number of amides is 2. The third-order valence-corrected chi connectivity index (χ3v) is 6.54. The number of non-ortho nitro benzene ring substituents is 1. The SMILES string of the molecule is Cc1ccc([N+](=O)[O-])cc1N(CC(=O)NCc1ccc(CN2CCCC2=O)cc1)S(C)(=O)=O. The number of nitro groups is 1. The quantitative estimate of drug-likeness (QED) is 0.438. The van der Waals surface area contributed by atoms with Crippen molar-refractivity contribution >= 4 is 33.2 Å². The Labute approximate surface area is 192 Å². The maximum Gasteiger partial charge on any atom is 0.271 e. The number of nitro benzene ring substituents is 1. The summed E-state index contributed by atoms with van der Waals surface area (Å²) in [6.45, 7) is 2.62. The van der Waals surface area contributed by atoms with Crippen molar-refractivity contribution in [3.8, 4) is 0 Å². The Bertz CT molecular complexity index is 1160. The molecule has 0 unspecified atom stereocenters. The molecule has 10 nitrogen and oxygen atoms in total. The lowest BCUT2D eigenvalue weighted by atomic mass is 10.1. The largest absolute Gasteiger partial charge is 0.350 e. The van der Waals surface area contributed by atoms with Gasteiger partial charge in [-0.3, -0.25) is 24.0 Å². The van der Waals surface area contributed by atoms with Crippen LogP contribution in [0.4, 0.5) is 11.4 Å². The van der Waals surface area contributed by atoms with E-state index in [0.29, 0.717) is 18.5 Å². The van der Waals surface area contributed by atoms with Gasteiger partial charge in [0.1, 0.15) is 6.54 Å². The average Bonchev–Trinajstić information content (AvgIpc) is 3.15. The number of aryl methyl sites for hydroxylation is 1. The molecule has 33 heavy (non-hydrogen) atoms. The normalized spacial score (nSPS) is 13.8. The van der Waals surface area contributed by atoms with Crippen molar-refractivity contribution in [2.75, 3.05) is 23.7 Å². The van der Waals surface area contributed by atoms with Crippen molar-refractivity contribution in [1.29, 1.82) is 0 Å². The van der Waals surface area contributed by atoms with Gasteiger partial charge >= 0.3 is 0 Å². The fourth-order valence-electron chi connectivity index (χ4n) is 3.60. The lowest BCUT2D eigenvalue weighted by Gasteiger charge is -2.23. The molecule has 1 fully saturated rings. The van der Waals surface area contributed by atoms with Crippen molar-refractivity contribution in [3.05, 3.63) is 69.3 Å². The summed E-state index contributed by atoms with van der Waals surface area (Å²) >= 11 is 0. The Morgan fingerprint density at radius 2 is 1.85 bits per heavy atom. The van der Waals surface area contributed by atoms with Crippen LogP contribution in [0.15, 0.2) is 42.5 Å². The number of carbonyl (C=O) groups is 2. The van der Waals surface area contributed by atoms with Crippen LogP contribution in [0.25, 0.3) is 0 Å². The summed E-state index contributed by atoms with van der Waals surface area (Å²) in [5.74, 6) is -0.390. The highest BCUT2D eigenvalue weighted by atomic mass is 32.2. The van der Waals surface area contributed by atoms with Crippen LogP contribution in [-0.4, -0.2) is 49.4 Å². The molecule has 1 aliphatic rings. The van der Waals surface area contributed by atoms with Gasteiger partial charge in [-0.05, 0) is 30.0 Å². The number of carbonyl (C=O) groups excluding carboxylic acids is 2. The van der Waals surface area contributed by atoms with Gasteiger partial charge in [0, 0.05) is 38.2 Å². The molecule has 1 saturated heterocycles. The highest BCUT2D eigenvalue weighted by Gasteiger charge is 2.24. The molecule has 1 N–H and O–H groups in total. The Morgan fingerprint density at radius 3 is 2.42 bits per heavy atom. The second-order valence-electron chi connectivity index (χ2n) is 8.01. The molecule has 0 spiro atoms. The van der Waals surface area contributed by atoms with E-state index in [1.165, 1.54) is 12.1 Å². The molecule has 2 aromatic carbocycles. The Kier molecular flexibility index (Phi) is 7.32. The van der Waals surface area contributed by atoms with E-state index < -0.39 is 27.4 Å². The third kappa shape index (κ3) is 6.28. The molecule has 0 radical (unpaired) electrons. The first-order valence-corrected chi connectivity index (χ1v) is 12.2. The van der Waals surface area contributed by atoms with Crippen LogP contribution in [0, 0.1) is 17.0 Å². The Balaban J connectivity index is 1.64. The summed E-state index contributed by atoms with van der Waals surface area (Å²) in [5.41, 5.74) is 2.12. The van der Waals surface area contributed by atoms with Gasteiger partial charge in [-0.25, -0.2) is 8.42 Å². The summed E-state index contributed by atoms with van der Waals surface area (Å²) < 4.78 is 25.5. The smallest absolute Gasteiger partial charge is 0.271 e. The first-order valence-electron chi connectivity index (χ1n) is 10.4. The van der Waals surface area contributed by atoms with Gasteiger partial charge < -0.3 is 10.2 Å². The van der Waals surface area contributed by atoms with Crippen molar-refractivity contribution in [3.63, 3.8) is 0 Å². The number of rotatable bonds is 9. The van der Waals surface area contributed by atoms with Crippen LogP contribution in [0.3, 0.4) is 0 Å². The fourth-order valence-corrected chi connectivity index (χ4v) is 4.51. The Hall–Kier alpha value is -3.47. The molecule has 3 rings (SSSR count). The van der Waals surface area contributed by atoms with E-state index in [1.807, 2.05) is 29.2 Å². The first kappa shape index (κ1) is 24.2. The van der Waals surface area contributed by atoms with Gasteiger partial charge in [-0.2, -0.15) is 0 Å². The summed E-state index contributed by atoms with van der Waals surface area (Å²) in [6.07, 6.45) is 2.41. The molecular formula is C22H26N4O6S. The van der Waals surface area contributed by atoms with Crippen LogP contribution in [0.5, 0.6) is 0 Å². The topological polar surface area (TPSA) is 130 Å². The van der Waals surface area contributed by atoms with E-state index in [0.717, 1.165) is 40.7 Å². The first-order chi connectivity index (χ1) is 15.5. The Morgan fingerprint density at radius 1 is 1.18 bits per heavy atom. The zero-order chi connectivity index (χ0) is 24.2. The highest BCUT2D eigenvalue weighted by molar-refractivity contribution is 7.92. The third-order valence-electron chi connectivity index (χ3n) is 5.42. The summed E-state index contributed by atoms with van der Waals surface area (Å²) in [4.78, 5) is 36.6. The van der Waals surface area contributed by atoms with Crippen molar-refractivity contribution in [1.82, 2.24) is 10.2 Å². The van der Waals surface area contributed by atoms with E-state index >= 15 is 0 Å². The number of sulfonamides is 1. The molecule has 1 heterocycles. The number of benzene rings is 2. The van der Waals surface area contributed by atoms with Crippen LogP contribution < -0.4 is 9.62 Å². The molecule has 2 aromatic rings. The monoisotopic (exact) mass is 474 g/mol. The van der Waals surface area contributed by atoms with Crippen LogP contribution in [0.2, 0.25) is 0 Å². The van der Waals surface area contributed by atoms with Gasteiger partial charge in [0.15, 0.2) is 0 Å². The molecular weight excluding hydrogens is 448 g/mol. The van der Waals surface area contributed by atoms with Gasteiger partial charge in [0.05, 0.1) is 16.9 Å². The minimum Gasteiger partial charge on any atom is -0.350 e. The average molecular weight is 475 g/mol. The molecule has 1 aliphatic heterocycles. The van der Waals surface area contributed by atoms with E-state index in [4.69, 9.17) is 0 Å². The van der Waals surface area contributed by atoms with Crippen LogP contribution >= 0.6 is 0 Å². The zero-order valence-corrected chi connectivity index (χ0v) is 19.3. The number of nitrogens with one attached hydrogen (secondary N) is 1. The number of likely N-dealkylation sites (tertiary alicyclic amines) is 1. The van der Waals surface area contributed by atoms with E-state index in [9.17, 15) is 28.1 Å². The minimum atomic E-state index is -3.86. The number of anilines is 1. The maximum atomic E-state index is 12.5. The predicted molar refractivity (Wildman–Crippen MR) is 123 cm³/mol. The molecule has 0 aliphatic carbocycles. The van der Waals surface area contributed by atoms with Crippen molar-refractivity contribution in [2.24, 2.45) is 0 Å². The van der Waals surface area contributed by atoms with Gasteiger partial charge in [0.25, 0.3) is 5.69 Å². The fraction of sp³-hybridized carbons (Fsp3) is 0.364. The van der Waals surface area contributed by atoms with Crippen LogP contribution in [0.1, 0.15) is 29.5 Å². The summed E-state index contributed by atoms with van der Waals surface area (Å²) in [7, 11) is -3.86. The lowest BCUT2D eigenvalue weighted by molar-refractivity contribution is -0.384. The molecule has 0 aromatic heterocycles. The number of nitrogens with zero attached hydrogens (tertiary/aromatic N) is 3. The summed E-state index contributed by atoms with van der Waals surface area (Å²) in [6, 6.07) is 11.3. The van der Waals surface area contributed by atoms with E-state index in [2.05, 4.69) is 5.32 Å². The molecule has 2 amide bonds. The van der Waals surface area contributed by atoms with E-state index in [-0.39, 0.29) is 23.8 Å². The maximum absolute atomic E-state index is 12.5. The van der Waals surface area contributed by atoms with Crippen molar-refractivity contribution < 1.29 is 22.9 Å². The van der Waals surface area contributed by atoms with Crippen LogP contribution in [-0.2, 0) is 32.7 Å². The van der Waals surface area contributed by atoms with Crippen molar-refractivity contribution in [2.45, 2.75) is 32.9 Å². The van der Waals surface area contributed by atoms with Gasteiger partial charge in [-0.15, -0.1) is 0 Å². The zero-order valence-electron chi connectivity index (χ0n) is 18.5. The standard InChI is InChI=1S/C22H26N4O6S/c1-16-5-10-19(26(29)30)12-20(16)25(33(2,31)32)15-21(27)23-13-17-6-8-18(9-7-17)14-24-11-3-4-22(24)28/h5-10,12H,3-4,11,13-15H2,1-2H3,(H,23,27). The second-order valence-corrected chi connectivity index (χ2v) is 9.92. The molecule has 11 heteroatoms. The lowest BCUT2D eigenvalue weighted by Crippen LogP contribution is -2.40. The number of hydrogen-bond acceptors (Lipinski definition) is 6. The van der Waals surface area contributed by atoms with Gasteiger partial charge in [0.2, 0.25) is 21.8 Å². The summed E-state index contributed by atoms with van der Waals surface area (Å²) in [5, 5.41) is 13.8. The molecule has 0 atom stereocenters. The molecule has 0 bridgehead atoms. The second kappa shape index (κ2) is 9.99. The van der Waals surface area contributed by atoms with Gasteiger partial charge in [-0.1, -0.05) is 30.3 Å². The molecule has 176 valence electrons. The van der Waals surface area contributed by atoms with E-state index in [1.54, 1.807) is 6.92 Å².